The number of methoxy groups -OCH3 is 1. The molecule has 0 saturated carbocycles. The summed E-state index contributed by atoms with van der Waals surface area (Å²) in [6.45, 7) is -0.273. The number of fused-ring (bicyclic) bond motifs is 3. The number of hydrogen-bond donors (Lipinski definition) is 0. The summed E-state index contributed by atoms with van der Waals surface area (Å²) in [5.41, 5.74) is 0.758. The van der Waals surface area contributed by atoms with Crippen LogP contribution in [0.4, 0.5) is 4.39 Å². The third kappa shape index (κ3) is 2.54. The van der Waals surface area contributed by atoms with Crippen molar-refractivity contribution in [3.05, 3.63) is 70.5 Å². The Hall–Kier alpha value is -3.48. The standard InChI is InChI=1S/C19H13FN2O4/c1-25-16-7-6-11(8-13(16)20)14(23)9-22-10-21-17-12-4-2-3-5-15(12)26-18(17)19(22)24/h2-8,10H,9H2,1H3. The van der Waals surface area contributed by atoms with Crippen LogP contribution in [0, 0.1) is 5.82 Å². The number of benzene rings is 2. The van der Waals surface area contributed by atoms with Gasteiger partial charge in [0.1, 0.15) is 11.1 Å². The predicted molar refractivity (Wildman–Crippen MR) is 93.1 cm³/mol. The second kappa shape index (κ2) is 6.11. The predicted octanol–water partition coefficient (Wildman–Crippen LogP) is 3.17. The minimum absolute atomic E-state index is 0.0454. The molecule has 4 rings (SSSR count). The minimum atomic E-state index is -0.642. The SMILES string of the molecule is COc1ccc(C(=O)Cn2cnc3c(oc4ccccc43)c2=O)cc1F. The molecule has 0 unspecified atom stereocenters. The fourth-order valence-corrected chi connectivity index (χ4v) is 2.81. The number of aromatic nitrogens is 2. The number of furan rings is 1. The van der Waals surface area contributed by atoms with Crippen LogP contribution < -0.4 is 10.3 Å². The first-order valence-corrected chi connectivity index (χ1v) is 7.82. The van der Waals surface area contributed by atoms with E-state index in [1.807, 2.05) is 12.1 Å². The fourth-order valence-electron chi connectivity index (χ4n) is 2.81. The number of ketones is 1. The second-order valence-electron chi connectivity index (χ2n) is 5.73. The van der Waals surface area contributed by atoms with E-state index in [1.54, 1.807) is 12.1 Å². The van der Waals surface area contributed by atoms with Crippen molar-refractivity contribution in [2.24, 2.45) is 0 Å². The van der Waals surface area contributed by atoms with Gasteiger partial charge in [-0.2, -0.15) is 0 Å². The van der Waals surface area contributed by atoms with Crippen molar-refractivity contribution in [3.8, 4) is 5.75 Å². The molecule has 0 bridgehead atoms. The molecule has 0 aliphatic rings. The summed E-state index contributed by atoms with van der Waals surface area (Å²) >= 11 is 0. The Morgan fingerprint density at radius 3 is 2.85 bits per heavy atom. The Morgan fingerprint density at radius 1 is 1.27 bits per heavy atom. The van der Waals surface area contributed by atoms with Gasteiger partial charge in [-0.25, -0.2) is 9.37 Å². The van der Waals surface area contributed by atoms with Crippen LogP contribution in [0.5, 0.6) is 5.75 Å². The molecule has 0 fully saturated rings. The van der Waals surface area contributed by atoms with Crippen molar-refractivity contribution in [2.45, 2.75) is 6.54 Å². The lowest BCUT2D eigenvalue weighted by Gasteiger charge is -2.06. The number of carbonyl (C=O) groups is 1. The van der Waals surface area contributed by atoms with E-state index in [9.17, 15) is 14.0 Å². The summed E-state index contributed by atoms with van der Waals surface area (Å²) < 4.78 is 25.3. The van der Waals surface area contributed by atoms with E-state index < -0.39 is 17.2 Å². The molecule has 0 atom stereocenters. The number of nitrogens with zero attached hydrogens (tertiary/aromatic N) is 2. The Kier molecular flexibility index (Phi) is 3.76. The molecule has 0 radical (unpaired) electrons. The molecular weight excluding hydrogens is 339 g/mol. The van der Waals surface area contributed by atoms with Crippen LogP contribution in [0.15, 0.2) is 58.0 Å². The molecule has 7 heteroatoms. The highest BCUT2D eigenvalue weighted by Crippen LogP contribution is 2.24. The molecule has 6 nitrogen and oxygen atoms in total. The van der Waals surface area contributed by atoms with Gasteiger partial charge in [0.2, 0.25) is 5.58 Å². The van der Waals surface area contributed by atoms with Gasteiger partial charge >= 0.3 is 0 Å². The molecule has 2 heterocycles. The van der Waals surface area contributed by atoms with Gasteiger partial charge in [0, 0.05) is 10.9 Å². The van der Waals surface area contributed by atoms with Gasteiger partial charge in [0.05, 0.1) is 20.0 Å². The van der Waals surface area contributed by atoms with E-state index in [0.29, 0.717) is 11.1 Å². The first kappa shape index (κ1) is 16.0. The van der Waals surface area contributed by atoms with Gasteiger partial charge < -0.3 is 9.15 Å². The Morgan fingerprint density at radius 2 is 2.08 bits per heavy atom. The van der Waals surface area contributed by atoms with Gasteiger partial charge in [-0.1, -0.05) is 12.1 Å². The van der Waals surface area contributed by atoms with E-state index in [1.165, 1.54) is 25.6 Å². The van der Waals surface area contributed by atoms with Gasteiger partial charge in [-0.05, 0) is 30.3 Å². The zero-order chi connectivity index (χ0) is 18.3. The van der Waals surface area contributed by atoms with Crippen LogP contribution in [-0.4, -0.2) is 22.4 Å². The summed E-state index contributed by atoms with van der Waals surface area (Å²) in [4.78, 5) is 29.3. The van der Waals surface area contributed by atoms with E-state index in [2.05, 4.69) is 4.98 Å². The highest BCUT2D eigenvalue weighted by Gasteiger charge is 2.16. The van der Waals surface area contributed by atoms with E-state index in [4.69, 9.17) is 9.15 Å². The third-order valence-corrected chi connectivity index (χ3v) is 4.14. The van der Waals surface area contributed by atoms with E-state index in [-0.39, 0.29) is 23.4 Å². The number of rotatable bonds is 4. The number of hydrogen-bond acceptors (Lipinski definition) is 5. The topological polar surface area (TPSA) is 74.3 Å². The molecule has 26 heavy (non-hydrogen) atoms. The summed E-state index contributed by atoms with van der Waals surface area (Å²) in [6.07, 6.45) is 1.30. The normalized spacial score (nSPS) is 11.2. The first-order valence-electron chi connectivity index (χ1n) is 7.82. The van der Waals surface area contributed by atoms with Crippen molar-refractivity contribution in [1.29, 1.82) is 0 Å². The van der Waals surface area contributed by atoms with E-state index in [0.717, 1.165) is 16.0 Å². The number of para-hydroxylation sites is 1. The molecule has 0 spiro atoms. The smallest absolute Gasteiger partial charge is 0.297 e. The molecule has 0 aliphatic heterocycles. The summed E-state index contributed by atoms with van der Waals surface area (Å²) in [5.74, 6) is -1.02. The molecule has 2 aromatic heterocycles. The van der Waals surface area contributed by atoms with Crippen molar-refractivity contribution in [3.63, 3.8) is 0 Å². The lowest BCUT2D eigenvalue weighted by atomic mass is 10.1. The molecule has 2 aromatic carbocycles. The lowest BCUT2D eigenvalue weighted by Crippen LogP contribution is -2.24. The molecule has 0 N–H and O–H groups in total. The quantitative estimate of drug-likeness (QED) is 0.528. The van der Waals surface area contributed by atoms with E-state index >= 15 is 0 Å². The van der Waals surface area contributed by atoms with Crippen molar-refractivity contribution >= 4 is 27.9 Å². The average molecular weight is 352 g/mol. The molecule has 4 aromatic rings. The number of ether oxygens (including phenoxy) is 1. The van der Waals surface area contributed by atoms with Crippen LogP contribution in [-0.2, 0) is 6.54 Å². The van der Waals surface area contributed by atoms with Crippen LogP contribution in [0.1, 0.15) is 10.4 Å². The third-order valence-electron chi connectivity index (χ3n) is 4.14. The monoisotopic (exact) mass is 352 g/mol. The van der Waals surface area contributed by atoms with Crippen LogP contribution in [0.2, 0.25) is 0 Å². The average Bonchev–Trinajstić information content (AvgIpc) is 3.03. The van der Waals surface area contributed by atoms with Gasteiger partial charge in [0.25, 0.3) is 5.56 Å². The summed E-state index contributed by atoms with van der Waals surface area (Å²) in [6, 6.07) is 11.1. The second-order valence-corrected chi connectivity index (χ2v) is 5.73. The number of Topliss-reactive ketones (excluding diaryl/α,β-unsaturated/α-hetero) is 1. The molecular formula is C19H13FN2O4. The van der Waals surface area contributed by atoms with Crippen LogP contribution in [0.3, 0.4) is 0 Å². The Bertz CT molecular complexity index is 1210. The van der Waals surface area contributed by atoms with Crippen molar-refractivity contribution < 1.29 is 18.3 Å². The zero-order valence-electron chi connectivity index (χ0n) is 13.7. The summed E-state index contributed by atoms with van der Waals surface area (Å²) in [7, 11) is 1.34. The largest absolute Gasteiger partial charge is 0.494 e. The van der Waals surface area contributed by atoms with Crippen LogP contribution >= 0.6 is 0 Å². The first-order chi connectivity index (χ1) is 12.6. The molecule has 130 valence electrons. The van der Waals surface area contributed by atoms with Gasteiger partial charge in [0.15, 0.2) is 17.3 Å². The highest BCUT2D eigenvalue weighted by molar-refractivity contribution is 6.02. The summed E-state index contributed by atoms with van der Waals surface area (Å²) in [5, 5.41) is 0.732. The minimum Gasteiger partial charge on any atom is -0.494 e. The zero-order valence-corrected chi connectivity index (χ0v) is 13.7. The Labute approximate surface area is 146 Å². The number of halogens is 1. The number of carbonyl (C=O) groups excluding carboxylic acids is 1. The maximum atomic E-state index is 13.8. The Balaban J connectivity index is 1.72. The fraction of sp³-hybridized carbons (Fsp3) is 0.105. The lowest BCUT2D eigenvalue weighted by molar-refractivity contribution is 0.0970. The molecule has 0 aliphatic carbocycles. The highest BCUT2D eigenvalue weighted by atomic mass is 19.1. The maximum Gasteiger partial charge on any atom is 0.297 e. The maximum absolute atomic E-state index is 13.8. The molecule has 0 amide bonds. The molecule has 0 saturated heterocycles. The van der Waals surface area contributed by atoms with Crippen molar-refractivity contribution in [2.75, 3.05) is 7.11 Å². The van der Waals surface area contributed by atoms with Gasteiger partial charge in [-0.15, -0.1) is 0 Å². The van der Waals surface area contributed by atoms with Crippen molar-refractivity contribution in [1.82, 2.24) is 9.55 Å². The van der Waals surface area contributed by atoms with Crippen LogP contribution in [0.25, 0.3) is 22.1 Å². The van der Waals surface area contributed by atoms with Gasteiger partial charge in [-0.3, -0.25) is 14.2 Å².